The zero-order chi connectivity index (χ0) is 21.7. The molecule has 3 amide bonds. The zero-order valence-corrected chi connectivity index (χ0v) is 16.8. The summed E-state index contributed by atoms with van der Waals surface area (Å²) < 4.78 is 0. The van der Waals surface area contributed by atoms with E-state index in [2.05, 4.69) is 16.1 Å². The number of nitrogens with one attached hydrogen (secondary N) is 3. The van der Waals surface area contributed by atoms with Crippen molar-refractivity contribution in [3.63, 3.8) is 0 Å². The molecule has 29 heavy (non-hydrogen) atoms. The minimum atomic E-state index is -1.26. The van der Waals surface area contributed by atoms with Crippen molar-refractivity contribution in [2.24, 2.45) is 17.2 Å². The number of rotatable bonds is 7. The Balaban J connectivity index is 2.36. The van der Waals surface area contributed by atoms with Crippen LogP contribution in [0.3, 0.4) is 0 Å². The lowest BCUT2D eigenvalue weighted by Crippen LogP contribution is -2.71. The second-order valence-electron chi connectivity index (χ2n) is 8.25. The third-order valence-electron chi connectivity index (χ3n) is 6.23. The SMILES string of the molecule is CC(C)(CCc1ccccc1)[C@@]1(NC(=O)O)CC[C@H](C(=O)NN)C[C@H]1NC(=O)O. The van der Waals surface area contributed by atoms with Crippen molar-refractivity contribution in [3.8, 4) is 0 Å². The fourth-order valence-electron chi connectivity index (χ4n) is 4.51. The molecule has 0 saturated heterocycles. The summed E-state index contributed by atoms with van der Waals surface area (Å²) in [6, 6.07) is 9.04. The first-order valence-electron chi connectivity index (χ1n) is 9.66. The molecule has 0 heterocycles. The van der Waals surface area contributed by atoms with Crippen LogP contribution in [-0.2, 0) is 11.2 Å². The van der Waals surface area contributed by atoms with Crippen LogP contribution < -0.4 is 21.9 Å². The van der Waals surface area contributed by atoms with E-state index in [0.717, 1.165) is 5.56 Å². The molecule has 3 atom stereocenters. The molecule has 1 saturated carbocycles. The number of nitrogens with two attached hydrogens (primary N) is 1. The van der Waals surface area contributed by atoms with Crippen molar-refractivity contribution < 1.29 is 24.6 Å². The van der Waals surface area contributed by atoms with Gasteiger partial charge in [0, 0.05) is 5.92 Å². The van der Waals surface area contributed by atoms with E-state index in [-0.39, 0.29) is 12.3 Å². The minimum Gasteiger partial charge on any atom is -0.465 e. The molecule has 0 aromatic heterocycles. The van der Waals surface area contributed by atoms with Gasteiger partial charge in [-0.05, 0) is 43.1 Å². The maximum Gasteiger partial charge on any atom is 0.405 e. The van der Waals surface area contributed by atoms with E-state index in [0.29, 0.717) is 25.7 Å². The molecule has 0 unspecified atom stereocenters. The lowest BCUT2D eigenvalue weighted by molar-refractivity contribution is -0.127. The predicted molar refractivity (Wildman–Crippen MR) is 107 cm³/mol. The quantitative estimate of drug-likeness (QED) is 0.231. The minimum absolute atomic E-state index is 0.157. The van der Waals surface area contributed by atoms with E-state index in [1.165, 1.54) is 0 Å². The van der Waals surface area contributed by atoms with E-state index in [1.54, 1.807) is 0 Å². The van der Waals surface area contributed by atoms with Gasteiger partial charge < -0.3 is 20.8 Å². The first-order valence-corrected chi connectivity index (χ1v) is 9.66. The molecule has 9 heteroatoms. The summed E-state index contributed by atoms with van der Waals surface area (Å²) in [5.74, 6) is 4.37. The molecule has 0 radical (unpaired) electrons. The summed E-state index contributed by atoms with van der Waals surface area (Å²) in [7, 11) is 0. The Hall–Kier alpha value is -2.81. The Morgan fingerprint density at radius 3 is 2.38 bits per heavy atom. The van der Waals surface area contributed by atoms with Gasteiger partial charge in [-0.2, -0.15) is 0 Å². The van der Waals surface area contributed by atoms with Gasteiger partial charge in [-0.25, -0.2) is 15.4 Å². The molecule has 2 rings (SSSR count). The highest BCUT2D eigenvalue weighted by atomic mass is 16.4. The molecule has 7 N–H and O–H groups in total. The molecule has 1 fully saturated rings. The third-order valence-corrected chi connectivity index (χ3v) is 6.23. The molecular weight excluding hydrogens is 376 g/mol. The molecule has 9 nitrogen and oxygen atoms in total. The van der Waals surface area contributed by atoms with Crippen LogP contribution >= 0.6 is 0 Å². The number of amides is 3. The molecule has 1 aromatic rings. The average molecular weight is 406 g/mol. The summed E-state index contributed by atoms with van der Waals surface area (Å²) in [5, 5.41) is 24.0. The van der Waals surface area contributed by atoms with Crippen molar-refractivity contribution >= 4 is 18.1 Å². The number of carbonyl (C=O) groups is 3. The lowest BCUT2D eigenvalue weighted by Gasteiger charge is -2.54. The van der Waals surface area contributed by atoms with Crippen molar-refractivity contribution in [1.82, 2.24) is 16.1 Å². The highest BCUT2D eigenvalue weighted by Crippen LogP contribution is 2.46. The number of hydrogen-bond acceptors (Lipinski definition) is 4. The number of carboxylic acid groups (broad SMARTS) is 2. The van der Waals surface area contributed by atoms with Crippen LogP contribution in [0, 0.1) is 11.3 Å². The van der Waals surface area contributed by atoms with Gasteiger partial charge in [0.15, 0.2) is 0 Å². The molecule has 1 aliphatic rings. The summed E-state index contributed by atoms with van der Waals surface area (Å²) in [6.45, 7) is 3.87. The second kappa shape index (κ2) is 9.13. The summed E-state index contributed by atoms with van der Waals surface area (Å²) in [4.78, 5) is 35.2. The maximum absolute atomic E-state index is 12.0. The second-order valence-corrected chi connectivity index (χ2v) is 8.25. The van der Waals surface area contributed by atoms with Crippen molar-refractivity contribution in [3.05, 3.63) is 35.9 Å². The van der Waals surface area contributed by atoms with Crippen LogP contribution in [0.4, 0.5) is 9.59 Å². The summed E-state index contributed by atoms with van der Waals surface area (Å²) >= 11 is 0. The van der Waals surface area contributed by atoms with Gasteiger partial charge in [-0.15, -0.1) is 0 Å². The lowest BCUT2D eigenvalue weighted by atomic mass is 9.58. The third kappa shape index (κ3) is 5.17. The summed E-state index contributed by atoms with van der Waals surface area (Å²) in [5.41, 5.74) is 1.56. The largest absolute Gasteiger partial charge is 0.465 e. The fourth-order valence-corrected chi connectivity index (χ4v) is 4.51. The maximum atomic E-state index is 12.0. The Morgan fingerprint density at radius 1 is 1.17 bits per heavy atom. The molecular formula is C20H30N4O5. The van der Waals surface area contributed by atoms with Gasteiger partial charge in [0.25, 0.3) is 0 Å². The van der Waals surface area contributed by atoms with E-state index in [9.17, 15) is 24.6 Å². The van der Waals surface area contributed by atoms with Gasteiger partial charge >= 0.3 is 12.2 Å². The standard InChI is InChI=1S/C20H30N4O5/c1-19(2,10-8-13-6-4-3-5-7-13)20(23-18(28)29)11-9-14(16(25)24-21)12-15(20)22-17(26)27/h3-7,14-15,22-23H,8-12,21H2,1-2H3,(H,24,25)(H,26,27)(H,28,29)/t14-,15+,20+/m0/s1. The predicted octanol–water partition coefficient (Wildman–Crippen LogP) is 2.08. The van der Waals surface area contributed by atoms with Crippen LogP contribution in [0.25, 0.3) is 0 Å². The number of aryl methyl sites for hydroxylation is 1. The molecule has 0 spiro atoms. The Bertz CT molecular complexity index is 740. The number of hydrazine groups is 1. The van der Waals surface area contributed by atoms with Gasteiger partial charge in [0.05, 0.1) is 11.6 Å². The monoisotopic (exact) mass is 406 g/mol. The normalized spacial score (nSPS) is 24.4. The van der Waals surface area contributed by atoms with E-state index < -0.39 is 35.1 Å². The van der Waals surface area contributed by atoms with Crippen LogP contribution in [0.2, 0.25) is 0 Å². The van der Waals surface area contributed by atoms with Gasteiger partial charge in [-0.1, -0.05) is 44.2 Å². The van der Waals surface area contributed by atoms with Crippen LogP contribution in [0.1, 0.15) is 45.1 Å². The van der Waals surface area contributed by atoms with Crippen LogP contribution in [0.5, 0.6) is 0 Å². The smallest absolute Gasteiger partial charge is 0.405 e. The summed E-state index contributed by atoms with van der Waals surface area (Å²) in [6.07, 6.45) is -0.285. The van der Waals surface area contributed by atoms with Crippen LogP contribution in [0.15, 0.2) is 30.3 Å². The molecule has 160 valence electrons. The van der Waals surface area contributed by atoms with Crippen molar-refractivity contribution in [2.45, 2.75) is 57.5 Å². The average Bonchev–Trinajstić information content (AvgIpc) is 2.67. The van der Waals surface area contributed by atoms with E-state index in [4.69, 9.17) is 5.84 Å². The van der Waals surface area contributed by atoms with E-state index >= 15 is 0 Å². The molecule has 0 aliphatic heterocycles. The molecule has 0 bridgehead atoms. The number of hydrogen-bond donors (Lipinski definition) is 6. The Morgan fingerprint density at radius 2 is 1.83 bits per heavy atom. The first kappa shape index (κ1) is 22.5. The van der Waals surface area contributed by atoms with Crippen LogP contribution in [-0.4, -0.2) is 39.9 Å². The molecule has 1 aliphatic carbocycles. The van der Waals surface area contributed by atoms with Crippen molar-refractivity contribution in [2.75, 3.05) is 0 Å². The van der Waals surface area contributed by atoms with Gasteiger partial charge in [-0.3, -0.25) is 10.2 Å². The highest BCUT2D eigenvalue weighted by molar-refractivity contribution is 5.78. The van der Waals surface area contributed by atoms with Gasteiger partial charge in [0.2, 0.25) is 5.91 Å². The van der Waals surface area contributed by atoms with E-state index in [1.807, 2.05) is 44.2 Å². The van der Waals surface area contributed by atoms with Crippen molar-refractivity contribution in [1.29, 1.82) is 0 Å². The van der Waals surface area contributed by atoms with Gasteiger partial charge in [0.1, 0.15) is 0 Å². The highest BCUT2D eigenvalue weighted by Gasteiger charge is 2.55. The number of benzene rings is 1. The zero-order valence-electron chi connectivity index (χ0n) is 16.8. The Kier molecular flexibility index (Phi) is 7.07. The Labute approximate surface area is 170 Å². The molecule has 1 aromatic carbocycles. The topological polar surface area (TPSA) is 154 Å². The fraction of sp³-hybridized carbons (Fsp3) is 0.550. The number of carbonyl (C=O) groups excluding carboxylic acids is 1. The first-order chi connectivity index (χ1) is 13.6.